The topological polar surface area (TPSA) is 12.0 Å². The van der Waals surface area contributed by atoms with E-state index in [1.807, 2.05) is 12.1 Å². The Kier molecular flexibility index (Phi) is 6.65. The molecule has 1 nitrogen and oxygen atoms in total. The van der Waals surface area contributed by atoms with Crippen LogP contribution in [0.3, 0.4) is 0 Å². The standard InChI is InChI=1S/C14H17BrClN/c1-3-5-6-14(17-9-4-2)12-8-7-11(16)10-13(12)15/h1,7-8,10,14,17H,4-6,9H2,2H3. The zero-order valence-corrected chi connectivity index (χ0v) is 12.3. The first-order valence-corrected chi connectivity index (χ1v) is 6.98. The minimum Gasteiger partial charge on any atom is -0.310 e. The Morgan fingerprint density at radius 2 is 2.29 bits per heavy atom. The zero-order chi connectivity index (χ0) is 12.7. The van der Waals surface area contributed by atoms with E-state index in [-0.39, 0.29) is 6.04 Å². The molecule has 1 aromatic carbocycles. The number of hydrogen-bond donors (Lipinski definition) is 1. The molecule has 1 aromatic rings. The molecule has 1 atom stereocenters. The molecule has 92 valence electrons. The van der Waals surface area contributed by atoms with E-state index in [1.165, 1.54) is 5.56 Å². The molecule has 0 aliphatic rings. The van der Waals surface area contributed by atoms with Gasteiger partial charge in [-0.1, -0.05) is 40.5 Å². The van der Waals surface area contributed by atoms with Gasteiger partial charge < -0.3 is 5.32 Å². The predicted octanol–water partition coefficient (Wildman–Crippen LogP) is 4.56. The maximum Gasteiger partial charge on any atom is 0.0417 e. The highest BCUT2D eigenvalue weighted by atomic mass is 79.9. The van der Waals surface area contributed by atoms with Crippen LogP contribution in [0.5, 0.6) is 0 Å². The summed E-state index contributed by atoms with van der Waals surface area (Å²) in [6.07, 6.45) is 8.16. The maximum absolute atomic E-state index is 5.95. The Balaban J connectivity index is 2.83. The van der Waals surface area contributed by atoms with E-state index in [0.29, 0.717) is 0 Å². The van der Waals surface area contributed by atoms with Crippen LogP contribution in [0.4, 0.5) is 0 Å². The largest absolute Gasteiger partial charge is 0.310 e. The average Bonchev–Trinajstić information content (AvgIpc) is 2.30. The Morgan fingerprint density at radius 3 is 2.88 bits per heavy atom. The Labute approximate surface area is 117 Å². The summed E-state index contributed by atoms with van der Waals surface area (Å²) in [5.41, 5.74) is 1.22. The van der Waals surface area contributed by atoms with Crippen molar-refractivity contribution in [2.24, 2.45) is 0 Å². The molecule has 0 aromatic heterocycles. The van der Waals surface area contributed by atoms with Crippen molar-refractivity contribution in [3.63, 3.8) is 0 Å². The third kappa shape index (κ3) is 4.71. The van der Waals surface area contributed by atoms with Gasteiger partial charge in [-0.05, 0) is 37.1 Å². The molecule has 0 spiro atoms. The number of nitrogens with one attached hydrogen (secondary N) is 1. The number of halogens is 2. The second-order valence-electron chi connectivity index (χ2n) is 3.92. The summed E-state index contributed by atoms with van der Waals surface area (Å²) < 4.78 is 1.04. The minimum absolute atomic E-state index is 0.289. The van der Waals surface area contributed by atoms with Crippen molar-refractivity contribution in [1.82, 2.24) is 5.32 Å². The van der Waals surface area contributed by atoms with Crippen LogP contribution in [0.15, 0.2) is 22.7 Å². The van der Waals surface area contributed by atoms with Crippen molar-refractivity contribution in [3.8, 4) is 12.3 Å². The molecule has 1 N–H and O–H groups in total. The zero-order valence-electron chi connectivity index (χ0n) is 9.97. The second-order valence-corrected chi connectivity index (χ2v) is 5.21. The van der Waals surface area contributed by atoms with Crippen LogP contribution < -0.4 is 5.32 Å². The summed E-state index contributed by atoms with van der Waals surface area (Å²) >= 11 is 9.50. The molecule has 1 unspecified atom stereocenters. The maximum atomic E-state index is 5.95. The third-order valence-corrected chi connectivity index (χ3v) is 3.48. The molecular weight excluding hydrogens is 298 g/mol. The van der Waals surface area contributed by atoms with Gasteiger partial charge in [0.1, 0.15) is 0 Å². The lowest BCUT2D eigenvalue weighted by Crippen LogP contribution is -2.22. The molecular formula is C14H17BrClN. The van der Waals surface area contributed by atoms with Crippen molar-refractivity contribution < 1.29 is 0 Å². The summed E-state index contributed by atoms with van der Waals surface area (Å²) in [6, 6.07) is 6.18. The molecule has 0 amide bonds. The van der Waals surface area contributed by atoms with Crippen molar-refractivity contribution in [1.29, 1.82) is 0 Å². The van der Waals surface area contributed by atoms with Crippen LogP contribution in [0.2, 0.25) is 5.02 Å². The molecule has 0 aliphatic carbocycles. The van der Waals surface area contributed by atoms with E-state index in [4.69, 9.17) is 18.0 Å². The molecule has 3 heteroatoms. The van der Waals surface area contributed by atoms with Gasteiger partial charge in [-0.3, -0.25) is 0 Å². The highest BCUT2D eigenvalue weighted by Crippen LogP contribution is 2.29. The van der Waals surface area contributed by atoms with Gasteiger partial charge in [-0.25, -0.2) is 0 Å². The van der Waals surface area contributed by atoms with Crippen LogP contribution in [0.1, 0.15) is 37.8 Å². The van der Waals surface area contributed by atoms with Gasteiger partial charge in [-0.2, -0.15) is 0 Å². The second kappa shape index (κ2) is 7.76. The fraction of sp³-hybridized carbons (Fsp3) is 0.429. The molecule has 0 saturated carbocycles. The Bertz CT molecular complexity index is 398. The Hall–Kier alpha value is -0.490. The van der Waals surface area contributed by atoms with Gasteiger partial charge in [0.05, 0.1) is 0 Å². The summed E-state index contributed by atoms with van der Waals surface area (Å²) in [4.78, 5) is 0. The molecule has 17 heavy (non-hydrogen) atoms. The molecule has 1 rings (SSSR count). The normalized spacial score (nSPS) is 12.1. The molecule has 0 saturated heterocycles. The first-order chi connectivity index (χ1) is 8.19. The minimum atomic E-state index is 0.289. The molecule has 0 aliphatic heterocycles. The monoisotopic (exact) mass is 313 g/mol. The van der Waals surface area contributed by atoms with Crippen molar-refractivity contribution in [2.75, 3.05) is 6.54 Å². The smallest absolute Gasteiger partial charge is 0.0417 e. The van der Waals surface area contributed by atoms with E-state index < -0.39 is 0 Å². The van der Waals surface area contributed by atoms with Crippen molar-refractivity contribution >= 4 is 27.5 Å². The number of terminal acetylenes is 1. The number of benzene rings is 1. The predicted molar refractivity (Wildman–Crippen MR) is 78.3 cm³/mol. The van der Waals surface area contributed by atoms with Gasteiger partial charge in [0, 0.05) is 22.0 Å². The number of rotatable bonds is 6. The fourth-order valence-corrected chi connectivity index (χ4v) is 2.66. The molecule has 0 fully saturated rings. The highest BCUT2D eigenvalue weighted by Gasteiger charge is 2.13. The lowest BCUT2D eigenvalue weighted by Gasteiger charge is -2.19. The third-order valence-electron chi connectivity index (χ3n) is 2.56. The van der Waals surface area contributed by atoms with E-state index in [0.717, 1.165) is 35.3 Å². The molecule has 0 heterocycles. The van der Waals surface area contributed by atoms with Gasteiger partial charge in [0.2, 0.25) is 0 Å². The van der Waals surface area contributed by atoms with E-state index in [2.05, 4.69) is 40.2 Å². The quantitative estimate of drug-likeness (QED) is 0.759. The van der Waals surface area contributed by atoms with Crippen molar-refractivity contribution in [3.05, 3.63) is 33.3 Å². The van der Waals surface area contributed by atoms with Crippen molar-refractivity contribution in [2.45, 2.75) is 32.2 Å². The molecule has 0 radical (unpaired) electrons. The summed E-state index contributed by atoms with van der Waals surface area (Å²) in [5.74, 6) is 2.69. The Morgan fingerprint density at radius 1 is 1.53 bits per heavy atom. The van der Waals surface area contributed by atoms with Crippen LogP contribution >= 0.6 is 27.5 Å². The number of hydrogen-bond acceptors (Lipinski definition) is 1. The van der Waals surface area contributed by atoms with E-state index in [1.54, 1.807) is 0 Å². The lowest BCUT2D eigenvalue weighted by atomic mass is 10.0. The lowest BCUT2D eigenvalue weighted by molar-refractivity contribution is 0.504. The van der Waals surface area contributed by atoms with Gasteiger partial charge >= 0.3 is 0 Å². The van der Waals surface area contributed by atoms with Crippen LogP contribution in [-0.2, 0) is 0 Å². The summed E-state index contributed by atoms with van der Waals surface area (Å²) in [6.45, 7) is 3.15. The first-order valence-electron chi connectivity index (χ1n) is 5.80. The summed E-state index contributed by atoms with van der Waals surface area (Å²) in [7, 11) is 0. The SMILES string of the molecule is C#CCCC(NCCC)c1ccc(Cl)cc1Br. The molecule has 0 bridgehead atoms. The van der Waals surface area contributed by atoms with Crippen LogP contribution in [-0.4, -0.2) is 6.54 Å². The average molecular weight is 315 g/mol. The van der Waals surface area contributed by atoms with Gasteiger partial charge in [-0.15, -0.1) is 12.3 Å². The van der Waals surface area contributed by atoms with Gasteiger partial charge in [0.15, 0.2) is 0 Å². The van der Waals surface area contributed by atoms with E-state index >= 15 is 0 Å². The highest BCUT2D eigenvalue weighted by molar-refractivity contribution is 9.10. The van der Waals surface area contributed by atoms with Crippen LogP contribution in [0, 0.1) is 12.3 Å². The van der Waals surface area contributed by atoms with E-state index in [9.17, 15) is 0 Å². The van der Waals surface area contributed by atoms with Gasteiger partial charge in [0.25, 0.3) is 0 Å². The fourth-order valence-electron chi connectivity index (χ4n) is 1.70. The van der Waals surface area contributed by atoms with Crippen LogP contribution in [0.25, 0.3) is 0 Å². The summed E-state index contributed by atoms with van der Waals surface area (Å²) in [5, 5.41) is 4.25. The first kappa shape index (κ1) is 14.6.